The molecule has 0 aromatic carbocycles. The molecule has 0 aromatic heterocycles. The minimum Gasteiger partial charge on any atom is -0.459 e. The summed E-state index contributed by atoms with van der Waals surface area (Å²) in [6.07, 6.45) is 10.2. The summed E-state index contributed by atoms with van der Waals surface area (Å²) in [5.74, 6) is 0.306. The van der Waals surface area contributed by atoms with Crippen LogP contribution in [0.2, 0.25) is 0 Å². The quantitative estimate of drug-likeness (QED) is 0.114. The third-order valence-electron chi connectivity index (χ3n) is 9.16. The lowest BCUT2D eigenvalue weighted by atomic mass is 9.84. The first-order chi connectivity index (χ1) is 23.8. The molecule has 2 aliphatic heterocycles. The van der Waals surface area contributed by atoms with E-state index >= 15 is 0 Å². The number of ether oxygens (including phenoxy) is 4. The summed E-state index contributed by atoms with van der Waals surface area (Å²) in [5, 5.41) is 5.94. The number of carbonyl (C=O) groups is 4. The number of aliphatic imine (C=N–C) groups is 1. The molecule has 0 spiro atoms. The average molecular weight is 722 g/mol. The van der Waals surface area contributed by atoms with Crippen molar-refractivity contribution in [2.75, 3.05) is 32.8 Å². The molecule has 0 radical (unpaired) electrons. The van der Waals surface area contributed by atoms with E-state index < -0.39 is 35.0 Å². The van der Waals surface area contributed by atoms with Crippen molar-refractivity contribution in [3.8, 4) is 0 Å². The van der Waals surface area contributed by atoms with Crippen LogP contribution in [0, 0.1) is 5.92 Å². The Labute approximate surface area is 306 Å². The molecule has 2 N–H and O–H groups in total. The van der Waals surface area contributed by atoms with Gasteiger partial charge in [0.15, 0.2) is 0 Å². The van der Waals surface area contributed by atoms with Crippen LogP contribution in [0.4, 0.5) is 9.59 Å². The average Bonchev–Trinajstić information content (AvgIpc) is 3.01. The highest BCUT2D eigenvalue weighted by molar-refractivity contribution is 5.99. The fraction of sp³-hybridized carbons (Fsp3) is 0.868. The summed E-state index contributed by atoms with van der Waals surface area (Å²) in [7, 11) is 0. The largest absolute Gasteiger partial charge is 0.459 e. The van der Waals surface area contributed by atoms with Crippen LogP contribution in [0.3, 0.4) is 0 Å². The van der Waals surface area contributed by atoms with Gasteiger partial charge < -0.3 is 28.7 Å². The Morgan fingerprint density at radius 2 is 1.35 bits per heavy atom. The zero-order valence-corrected chi connectivity index (χ0v) is 32.9. The molecule has 2 heterocycles. The number of guanidine groups is 1. The smallest absolute Gasteiger partial charge is 0.437 e. The van der Waals surface area contributed by atoms with Crippen LogP contribution in [-0.2, 0) is 28.5 Å². The molecule has 3 rings (SSSR count). The van der Waals surface area contributed by atoms with E-state index in [1.807, 2.05) is 30.6 Å². The van der Waals surface area contributed by atoms with E-state index in [4.69, 9.17) is 18.9 Å². The standard InChI is InChI=1S/C38H67N5O8/c1-36(2,3)49-31(44)26-39-30(25-27-15-11-10-12-16-27)32(45)43-21-14-13-17-28(43)20-24-48-29-18-22-42(23-19-29)33(40-34(46)50-37(4,5)6)41-35(47)51-38(7,8)9/h27-30,39H,10-26H2,1-9H3,(H,40,41,46,47)/t28?,30-/m1/s1. The van der Waals surface area contributed by atoms with Gasteiger partial charge in [0.2, 0.25) is 11.9 Å². The fourth-order valence-electron chi connectivity index (χ4n) is 6.95. The van der Waals surface area contributed by atoms with Gasteiger partial charge in [-0.1, -0.05) is 32.1 Å². The van der Waals surface area contributed by atoms with Crippen molar-refractivity contribution in [1.82, 2.24) is 20.4 Å². The van der Waals surface area contributed by atoms with Crippen molar-refractivity contribution < 1.29 is 38.1 Å². The monoisotopic (exact) mass is 721 g/mol. The minimum atomic E-state index is -0.792. The molecule has 3 amide bonds. The van der Waals surface area contributed by atoms with Crippen LogP contribution in [-0.4, -0.2) is 108 Å². The second-order valence-corrected chi connectivity index (χ2v) is 17.3. The molecule has 51 heavy (non-hydrogen) atoms. The molecule has 0 bridgehead atoms. The van der Waals surface area contributed by atoms with Crippen molar-refractivity contribution in [2.45, 2.75) is 174 Å². The Morgan fingerprint density at radius 1 is 0.745 bits per heavy atom. The predicted molar refractivity (Wildman–Crippen MR) is 196 cm³/mol. The summed E-state index contributed by atoms with van der Waals surface area (Å²) in [4.78, 5) is 59.8. The molecule has 13 heteroatoms. The van der Waals surface area contributed by atoms with Gasteiger partial charge in [-0.15, -0.1) is 4.99 Å². The number of alkyl carbamates (subject to hydrolysis) is 1. The maximum absolute atomic E-state index is 14.1. The van der Waals surface area contributed by atoms with Crippen LogP contribution in [0.25, 0.3) is 0 Å². The molecule has 0 aromatic rings. The van der Waals surface area contributed by atoms with Crippen LogP contribution in [0.5, 0.6) is 0 Å². The second kappa shape index (κ2) is 19.2. The molecule has 292 valence electrons. The number of hydrogen-bond donors (Lipinski definition) is 2. The lowest BCUT2D eigenvalue weighted by Gasteiger charge is -2.39. The minimum absolute atomic E-state index is 0.00663. The van der Waals surface area contributed by atoms with Gasteiger partial charge in [-0.05, 0) is 113 Å². The Kier molecular flexibility index (Phi) is 16.0. The van der Waals surface area contributed by atoms with E-state index in [1.165, 1.54) is 19.3 Å². The number of carbonyl (C=O) groups excluding carboxylic acids is 4. The highest BCUT2D eigenvalue weighted by atomic mass is 16.6. The maximum atomic E-state index is 14.1. The van der Waals surface area contributed by atoms with Crippen LogP contribution in [0.1, 0.15) is 139 Å². The summed E-state index contributed by atoms with van der Waals surface area (Å²) >= 11 is 0. The molecule has 3 aliphatic rings. The van der Waals surface area contributed by atoms with Crippen LogP contribution < -0.4 is 10.6 Å². The van der Waals surface area contributed by atoms with Gasteiger partial charge in [-0.25, -0.2) is 9.59 Å². The number of piperidine rings is 2. The van der Waals surface area contributed by atoms with E-state index in [1.54, 1.807) is 41.5 Å². The van der Waals surface area contributed by atoms with Gasteiger partial charge in [0, 0.05) is 32.3 Å². The third-order valence-corrected chi connectivity index (χ3v) is 9.16. The maximum Gasteiger partial charge on any atom is 0.437 e. The lowest BCUT2D eigenvalue weighted by Crippen LogP contribution is -2.54. The molecule has 1 aliphatic carbocycles. The van der Waals surface area contributed by atoms with E-state index in [0.29, 0.717) is 45.0 Å². The summed E-state index contributed by atoms with van der Waals surface area (Å²) in [6.45, 7) is 18.4. The second-order valence-electron chi connectivity index (χ2n) is 17.3. The molecule has 2 saturated heterocycles. The van der Waals surface area contributed by atoms with Gasteiger partial charge in [-0.2, -0.15) is 0 Å². The van der Waals surface area contributed by atoms with Crippen molar-refractivity contribution in [3.63, 3.8) is 0 Å². The van der Waals surface area contributed by atoms with Crippen molar-refractivity contribution in [3.05, 3.63) is 0 Å². The van der Waals surface area contributed by atoms with Crippen molar-refractivity contribution in [2.24, 2.45) is 10.9 Å². The van der Waals surface area contributed by atoms with Crippen molar-refractivity contribution >= 4 is 30.0 Å². The summed E-state index contributed by atoms with van der Waals surface area (Å²) in [6, 6.07) is -0.341. The first-order valence-corrected chi connectivity index (χ1v) is 19.2. The SMILES string of the molecule is CC(C)(C)OC(=O)CN[C@H](CC1CCCCC1)C(=O)N1CCCCC1CCOC1CCN(/C(=N\C(=O)OC(C)(C)C)NC(=O)OC(C)(C)C)CC1. The summed E-state index contributed by atoms with van der Waals surface area (Å²) < 4.78 is 22.7. The van der Waals surface area contributed by atoms with Gasteiger partial charge in [0.25, 0.3) is 0 Å². The zero-order chi connectivity index (χ0) is 37.8. The van der Waals surface area contributed by atoms with E-state index in [9.17, 15) is 19.2 Å². The number of likely N-dealkylation sites (tertiary alicyclic amines) is 2. The molecule has 2 atom stereocenters. The van der Waals surface area contributed by atoms with Crippen LogP contribution >= 0.6 is 0 Å². The van der Waals surface area contributed by atoms with Gasteiger partial charge in [0.1, 0.15) is 16.8 Å². The van der Waals surface area contributed by atoms with Gasteiger partial charge >= 0.3 is 18.2 Å². The first kappa shape index (κ1) is 42.5. The number of esters is 1. The molecular formula is C38H67N5O8. The molecule has 1 saturated carbocycles. The highest BCUT2D eigenvalue weighted by Crippen LogP contribution is 2.29. The number of rotatable bonds is 10. The van der Waals surface area contributed by atoms with Gasteiger partial charge in [-0.3, -0.25) is 20.2 Å². The molecule has 3 fully saturated rings. The van der Waals surface area contributed by atoms with E-state index in [2.05, 4.69) is 15.6 Å². The number of nitrogens with one attached hydrogen (secondary N) is 2. The zero-order valence-electron chi connectivity index (χ0n) is 32.9. The molecule has 1 unspecified atom stereocenters. The topological polar surface area (TPSA) is 148 Å². The Bertz CT molecular complexity index is 1170. The number of amides is 3. The number of nitrogens with zero attached hydrogens (tertiary/aromatic N) is 3. The van der Waals surface area contributed by atoms with E-state index in [-0.39, 0.29) is 36.5 Å². The Morgan fingerprint density at radius 3 is 1.96 bits per heavy atom. The fourth-order valence-corrected chi connectivity index (χ4v) is 6.95. The molecule has 13 nitrogen and oxygen atoms in total. The highest BCUT2D eigenvalue weighted by Gasteiger charge is 2.34. The number of hydrogen-bond acceptors (Lipinski definition) is 9. The normalized spacial score (nSPS) is 20.8. The van der Waals surface area contributed by atoms with Gasteiger partial charge in [0.05, 0.1) is 18.7 Å². The Hall–Kier alpha value is -2.93. The third kappa shape index (κ3) is 16.5. The van der Waals surface area contributed by atoms with Crippen molar-refractivity contribution in [1.29, 1.82) is 0 Å². The Balaban J connectivity index is 1.57. The van der Waals surface area contributed by atoms with Crippen LogP contribution in [0.15, 0.2) is 4.99 Å². The molecular weight excluding hydrogens is 654 g/mol. The van der Waals surface area contributed by atoms with E-state index in [0.717, 1.165) is 44.9 Å². The lowest BCUT2D eigenvalue weighted by molar-refractivity contribution is -0.154. The summed E-state index contributed by atoms with van der Waals surface area (Å²) in [5.41, 5.74) is -2.03. The predicted octanol–water partition coefficient (Wildman–Crippen LogP) is 6.32. The first-order valence-electron chi connectivity index (χ1n) is 19.2.